The van der Waals surface area contributed by atoms with E-state index in [0.717, 1.165) is 5.56 Å². The van der Waals surface area contributed by atoms with Gasteiger partial charge in [0, 0.05) is 37.8 Å². The predicted molar refractivity (Wildman–Crippen MR) is 163 cm³/mol. The van der Waals surface area contributed by atoms with Crippen LogP contribution >= 0.6 is 23.2 Å². The van der Waals surface area contributed by atoms with E-state index in [2.05, 4.69) is 15.6 Å². The molecule has 0 spiro atoms. The molecule has 1 fully saturated rings. The lowest BCUT2D eigenvalue weighted by Crippen LogP contribution is -2.58. The molecule has 4 rings (SSSR count). The van der Waals surface area contributed by atoms with Crippen molar-refractivity contribution in [1.82, 2.24) is 20.4 Å². The molecule has 2 aromatic rings. The Labute approximate surface area is 251 Å². The van der Waals surface area contributed by atoms with Gasteiger partial charge < -0.3 is 20.3 Å². The van der Waals surface area contributed by atoms with Crippen molar-refractivity contribution in [3.05, 3.63) is 75.3 Å². The SMILES string of the molecule is CN1C(=O)/C(=C(/NCc2ccccc2)c2cccc(Cl)c2Cl)C(=N)N=C1N1CCC(C)(NC(=O)OC(C)(C)C)CC1. The van der Waals surface area contributed by atoms with Crippen LogP contribution in [-0.2, 0) is 16.1 Å². The van der Waals surface area contributed by atoms with Crippen LogP contribution in [0.5, 0.6) is 0 Å². The molecule has 2 aromatic carbocycles. The van der Waals surface area contributed by atoms with Crippen molar-refractivity contribution < 1.29 is 14.3 Å². The van der Waals surface area contributed by atoms with E-state index in [1.807, 2.05) is 62.9 Å². The topological polar surface area (TPSA) is 110 Å². The Morgan fingerprint density at radius 1 is 1.10 bits per heavy atom. The van der Waals surface area contributed by atoms with Gasteiger partial charge in [-0.3, -0.25) is 15.1 Å². The van der Waals surface area contributed by atoms with Crippen LogP contribution in [0.1, 0.15) is 51.7 Å². The third kappa shape index (κ3) is 7.21. The minimum atomic E-state index is -0.587. The van der Waals surface area contributed by atoms with Gasteiger partial charge in [-0.25, -0.2) is 4.79 Å². The highest BCUT2D eigenvalue weighted by atomic mass is 35.5. The van der Waals surface area contributed by atoms with E-state index in [9.17, 15) is 9.59 Å². The van der Waals surface area contributed by atoms with Gasteiger partial charge in [0.05, 0.1) is 15.7 Å². The molecule has 3 N–H and O–H groups in total. The number of halogens is 2. The van der Waals surface area contributed by atoms with Crippen LogP contribution in [0.15, 0.2) is 59.1 Å². The lowest BCUT2D eigenvalue weighted by Gasteiger charge is -2.43. The van der Waals surface area contributed by atoms with Crippen molar-refractivity contribution in [2.45, 2.75) is 58.2 Å². The number of guanidine groups is 1. The molecule has 0 unspecified atom stereocenters. The molecule has 41 heavy (non-hydrogen) atoms. The van der Waals surface area contributed by atoms with Crippen LogP contribution in [-0.4, -0.2) is 64.9 Å². The number of alkyl carbamates (subject to hydrolysis) is 1. The summed E-state index contributed by atoms with van der Waals surface area (Å²) in [4.78, 5) is 34.2. The Morgan fingerprint density at radius 2 is 1.76 bits per heavy atom. The minimum absolute atomic E-state index is 0.102. The summed E-state index contributed by atoms with van der Waals surface area (Å²) in [6, 6.07) is 14.9. The number of amides is 2. The van der Waals surface area contributed by atoms with Crippen LogP contribution in [0, 0.1) is 5.41 Å². The number of likely N-dealkylation sites (N-methyl/N-ethyl adjacent to an activating group) is 1. The van der Waals surface area contributed by atoms with Gasteiger partial charge in [0.1, 0.15) is 11.2 Å². The maximum Gasteiger partial charge on any atom is 0.408 e. The number of benzene rings is 2. The highest BCUT2D eigenvalue weighted by Crippen LogP contribution is 2.33. The number of ether oxygens (including phenoxy) is 1. The van der Waals surface area contributed by atoms with Crippen molar-refractivity contribution in [1.29, 1.82) is 5.41 Å². The minimum Gasteiger partial charge on any atom is -0.444 e. The number of piperidine rings is 1. The fourth-order valence-corrected chi connectivity index (χ4v) is 5.17. The summed E-state index contributed by atoms with van der Waals surface area (Å²) >= 11 is 12.9. The number of hydrogen-bond acceptors (Lipinski definition) is 6. The van der Waals surface area contributed by atoms with E-state index < -0.39 is 17.2 Å². The molecule has 2 heterocycles. The Morgan fingerprint density at radius 3 is 2.39 bits per heavy atom. The summed E-state index contributed by atoms with van der Waals surface area (Å²) in [6.07, 6.45) is 0.777. The first-order chi connectivity index (χ1) is 19.3. The summed E-state index contributed by atoms with van der Waals surface area (Å²) in [5.74, 6) is -0.163. The maximum absolute atomic E-state index is 13.8. The first-order valence-electron chi connectivity index (χ1n) is 13.5. The monoisotopic (exact) mass is 598 g/mol. The molecule has 11 heteroatoms. The molecular formula is C30H36Cl2N6O3. The summed E-state index contributed by atoms with van der Waals surface area (Å²) in [5, 5.41) is 15.8. The number of amidine groups is 1. The molecule has 0 aromatic heterocycles. The number of rotatable bonds is 5. The average Bonchev–Trinajstić information content (AvgIpc) is 2.90. The van der Waals surface area contributed by atoms with Crippen molar-refractivity contribution >= 4 is 52.7 Å². The predicted octanol–water partition coefficient (Wildman–Crippen LogP) is 5.68. The molecule has 218 valence electrons. The largest absolute Gasteiger partial charge is 0.444 e. The Kier molecular flexibility index (Phi) is 8.99. The first kappa shape index (κ1) is 30.4. The van der Waals surface area contributed by atoms with E-state index in [1.165, 1.54) is 4.90 Å². The zero-order chi connectivity index (χ0) is 29.9. The van der Waals surface area contributed by atoms with E-state index in [0.29, 0.717) is 54.7 Å². The smallest absolute Gasteiger partial charge is 0.408 e. The van der Waals surface area contributed by atoms with E-state index >= 15 is 0 Å². The number of hydrogen-bond donors (Lipinski definition) is 3. The molecule has 2 aliphatic heterocycles. The fourth-order valence-electron chi connectivity index (χ4n) is 4.78. The molecular weight excluding hydrogens is 563 g/mol. The molecule has 0 aliphatic carbocycles. The van der Waals surface area contributed by atoms with Gasteiger partial charge in [0.15, 0.2) is 5.84 Å². The second-order valence-electron chi connectivity index (χ2n) is 11.5. The number of likely N-dealkylation sites (tertiary alicyclic amines) is 1. The van der Waals surface area contributed by atoms with E-state index in [-0.39, 0.29) is 22.3 Å². The molecule has 1 saturated heterocycles. The summed E-state index contributed by atoms with van der Waals surface area (Å²) < 4.78 is 5.43. The number of nitrogens with zero attached hydrogens (tertiary/aromatic N) is 3. The highest BCUT2D eigenvalue weighted by Gasteiger charge is 2.39. The lowest BCUT2D eigenvalue weighted by atomic mass is 9.90. The van der Waals surface area contributed by atoms with Crippen molar-refractivity contribution in [2.24, 2.45) is 4.99 Å². The number of carbonyl (C=O) groups excluding carboxylic acids is 2. The quantitative estimate of drug-likeness (QED) is 0.384. The van der Waals surface area contributed by atoms with Crippen LogP contribution in [0.3, 0.4) is 0 Å². The Balaban J connectivity index is 1.60. The van der Waals surface area contributed by atoms with E-state index in [1.54, 1.807) is 25.2 Å². The van der Waals surface area contributed by atoms with Crippen molar-refractivity contribution in [3.8, 4) is 0 Å². The molecule has 0 atom stereocenters. The van der Waals surface area contributed by atoms with Gasteiger partial charge in [0.2, 0.25) is 5.96 Å². The van der Waals surface area contributed by atoms with E-state index in [4.69, 9.17) is 33.3 Å². The average molecular weight is 600 g/mol. The Hall–Kier alpha value is -3.56. The second kappa shape index (κ2) is 12.1. The standard InChI is InChI=1S/C30H36Cl2N6O3/c1-29(2,3)41-28(40)36-30(4)14-16-38(17-15-30)27-35-25(33)22(26(39)37(27)5)24(20-12-9-13-21(31)23(20)32)34-18-19-10-7-6-8-11-19/h6-13,33-34H,14-18H2,1-5H3,(H,36,40)/b24-22+,33-25?. The number of carbonyl (C=O) groups is 2. The van der Waals surface area contributed by atoms with Gasteiger partial charge in [-0.15, -0.1) is 0 Å². The zero-order valence-corrected chi connectivity index (χ0v) is 25.5. The van der Waals surface area contributed by atoms with Gasteiger partial charge in [-0.05, 0) is 52.2 Å². The number of aliphatic imine (C=N–C) groups is 1. The lowest BCUT2D eigenvalue weighted by molar-refractivity contribution is -0.122. The third-order valence-electron chi connectivity index (χ3n) is 7.00. The van der Waals surface area contributed by atoms with Gasteiger partial charge in [-0.1, -0.05) is 65.7 Å². The molecule has 9 nitrogen and oxygen atoms in total. The van der Waals surface area contributed by atoms with Gasteiger partial charge in [0.25, 0.3) is 5.91 Å². The molecule has 0 saturated carbocycles. The highest BCUT2D eigenvalue weighted by molar-refractivity contribution is 6.43. The zero-order valence-electron chi connectivity index (χ0n) is 24.0. The van der Waals surface area contributed by atoms with Crippen LogP contribution < -0.4 is 10.6 Å². The van der Waals surface area contributed by atoms with Gasteiger partial charge >= 0.3 is 6.09 Å². The molecule has 2 amide bonds. The summed E-state index contributed by atoms with van der Waals surface area (Å²) in [6.45, 7) is 8.93. The van der Waals surface area contributed by atoms with Crippen LogP contribution in [0.4, 0.5) is 4.79 Å². The van der Waals surface area contributed by atoms with Gasteiger partial charge in [-0.2, -0.15) is 4.99 Å². The summed E-state index contributed by atoms with van der Waals surface area (Å²) in [7, 11) is 1.65. The van der Waals surface area contributed by atoms with Crippen molar-refractivity contribution in [2.75, 3.05) is 20.1 Å². The van der Waals surface area contributed by atoms with Crippen LogP contribution in [0.25, 0.3) is 5.70 Å². The third-order valence-corrected chi connectivity index (χ3v) is 7.82. The first-order valence-corrected chi connectivity index (χ1v) is 14.2. The molecule has 2 aliphatic rings. The fraction of sp³-hybridized carbons (Fsp3) is 0.400. The molecule has 0 bridgehead atoms. The van der Waals surface area contributed by atoms with Crippen molar-refractivity contribution in [3.63, 3.8) is 0 Å². The maximum atomic E-state index is 13.8. The molecule has 0 radical (unpaired) electrons. The summed E-state index contributed by atoms with van der Waals surface area (Å²) in [5.41, 5.74) is 0.942. The Bertz CT molecular complexity index is 1390. The number of nitrogens with one attached hydrogen (secondary N) is 3. The normalized spacial score (nSPS) is 18.6. The van der Waals surface area contributed by atoms with Crippen LogP contribution in [0.2, 0.25) is 10.0 Å². The second-order valence-corrected chi connectivity index (χ2v) is 12.3.